The summed E-state index contributed by atoms with van der Waals surface area (Å²) in [6, 6.07) is 19.9. The summed E-state index contributed by atoms with van der Waals surface area (Å²) >= 11 is 0. The number of carbonyl (C=O) groups is 1. The maximum absolute atomic E-state index is 12.4. The summed E-state index contributed by atoms with van der Waals surface area (Å²) in [7, 11) is 0. The Hall–Kier alpha value is -2.88. The molecule has 0 radical (unpaired) electrons. The summed E-state index contributed by atoms with van der Waals surface area (Å²) in [5, 5.41) is 4.60. The number of nitrogens with zero attached hydrogens (tertiary/aromatic N) is 2. The van der Waals surface area contributed by atoms with Gasteiger partial charge in [0.25, 0.3) is 0 Å². The molecule has 0 spiro atoms. The topological polar surface area (TPSA) is 44.1 Å². The molecule has 2 aromatic carbocycles. The normalized spacial score (nSPS) is 13.6. The SMILES string of the molecule is O=C1CCCc2c(-c3ccccc3)nn(OCc3ccccc3)c21. The molecule has 0 N–H and O–H groups in total. The fourth-order valence-electron chi connectivity index (χ4n) is 3.12. The Kier molecular flexibility index (Phi) is 3.87. The molecule has 1 aromatic heterocycles. The van der Waals surface area contributed by atoms with Gasteiger partial charge < -0.3 is 4.84 Å². The minimum Gasteiger partial charge on any atom is -0.391 e. The molecule has 0 fully saturated rings. The van der Waals surface area contributed by atoms with Gasteiger partial charge in [-0.2, -0.15) is 0 Å². The smallest absolute Gasteiger partial charge is 0.184 e. The molecule has 1 aliphatic rings. The zero-order chi connectivity index (χ0) is 16.4. The van der Waals surface area contributed by atoms with Crippen LogP contribution in [0.2, 0.25) is 0 Å². The van der Waals surface area contributed by atoms with Crippen molar-refractivity contribution in [3.8, 4) is 11.3 Å². The predicted molar refractivity (Wildman–Crippen MR) is 91.7 cm³/mol. The van der Waals surface area contributed by atoms with Gasteiger partial charge >= 0.3 is 0 Å². The molecule has 0 saturated heterocycles. The third-order valence-corrected chi connectivity index (χ3v) is 4.29. The number of hydrogen-bond donors (Lipinski definition) is 0. The van der Waals surface area contributed by atoms with Gasteiger partial charge in [-0.05, 0) is 18.4 Å². The van der Waals surface area contributed by atoms with Gasteiger partial charge in [0, 0.05) is 17.5 Å². The first-order valence-electron chi connectivity index (χ1n) is 8.20. The Bertz CT molecular complexity index is 854. The Morgan fingerprint density at radius 3 is 2.42 bits per heavy atom. The molecule has 4 heteroatoms. The monoisotopic (exact) mass is 318 g/mol. The predicted octanol–water partition coefficient (Wildman–Crippen LogP) is 3.70. The second kappa shape index (κ2) is 6.32. The van der Waals surface area contributed by atoms with E-state index >= 15 is 0 Å². The molecule has 0 saturated carbocycles. The van der Waals surface area contributed by atoms with Crippen LogP contribution in [0.3, 0.4) is 0 Å². The lowest BCUT2D eigenvalue weighted by Crippen LogP contribution is -2.21. The van der Waals surface area contributed by atoms with Crippen molar-refractivity contribution >= 4 is 5.78 Å². The summed E-state index contributed by atoms with van der Waals surface area (Å²) in [4.78, 5) is 19.7. The Labute approximate surface area is 140 Å². The summed E-state index contributed by atoms with van der Waals surface area (Å²) in [5.41, 5.74) is 4.53. The van der Waals surface area contributed by atoms with Crippen molar-refractivity contribution in [2.24, 2.45) is 0 Å². The zero-order valence-corrected chi connectivity index (χ0v) is 13.3. The van der Waals surface area contributed by atoms with Crippen LogP contribution in [-0.4, -0.2) is 15.7 Å². The van der Waals surface area contributed by atoms with Crippen molar-refractivity contribution in [2.45, 2.75) is 25.9 Å². The Morgan fingerprint density at radius 1 is 0.958 bits per heavy atom. The number of carbonyl (C=O) groups excluding carboxylic acids is 1. The number of Topliss-reactive ketones (excluding diaryl/α,β-unsaturated/α-hetero) is 1. The van der Waals surface area contributed by atoms with Gasteiger partial charge in [0.15, 0.2) is 5.78 Å². The van der Waals surface area contributed by atoms with Crippen LogP contribution in [0.15, 0.2) is 60.7 Å². The van der Waals surface area contributed by atoms with Gasteiger partial charge in [0.05, 0.1) is 5.69 Å². The highest BCUT2D eigenvalue weighted by molar-refractivity contribution is 5.98. The molecule has 0 unspecified atom stereocenters. The molecule has 0 amide bonds. The van der Waals surface area contributed by atoms with Crippen molar-refractivity contribution in [1.82, 2.24) is 9.94 Å². The second-order valence-corrected chi connectivity index (χ2v) is 5.95. The molecule has 3 aromatic rings. The highest BCUT2D eigenvalue weighted by atomic mass is 16.7. The van der Waals surface area contributed by atoms with E-state index in [-0.39, 0.29) is 5.78 Å². The minimum atomic E-state index is 0.110. The molecule has 4 rings (SSSR count). The van der Waals surface area contributed by atoms with Gasteiger partial charge in [-0.15, -0.1) is 5.10 Å². The summed E-state index contributed by atoms with van der Waals surface area (Å²) in [5.74, 6) is 0.110. The molecule has 4 nitrogen and oxygen atoms in total. The molecule has 0 atom stereocenters. The summed E-state index contributed by atoms with van der Waals surface area (Å²) in [6.45, 7) is 0.385. The standard InChI is InChI=1S/C20H18N2O2/c23-18-13-7-12-17-19(16-10-5-2-6-11-16)21-22(20(17)18)24-14-15-8-3-1-4-9-15/h1-6,8-11H,7,12-14H2. The van der Waals surface area contributed by atoms with Crippen molar-refractivity contribution in [3.63, 3.8) is 0 Å². The van der Waals surface area contributed by atoms with Crippen molar-refractivity contribution in [3.05, 3.63) is 77.5 Å². The van der Waals surface area contributed by atoms with Gasteiger partial charge in [0.1, 0.15) is 12.3 Å². The van der Waals surface area contributed by atoms with Crippen LogP contribution < -0.4 is 4.84 Å². The Balaban J connectivity index is 1.71. The third kappa shape index (κ3) is 2.71. The van der Waals surface area contributed by atoms with Crippen LogP contribution in [0, 0.1) is 0 Å². The molecule has 1 heterocycles. The van der Waals surface area contributed by atoms with Gasteiger partial charge in [0.2, 0.25) is 0 Å². The maximum atomic E-state index is 12.4. The lowest BCUT2D eigenvalue weighted by Gasteiger charge is -2.13. The van der Waals surface area contributed by atoms with E-state index in [1.54, 1.807) is 0 Å². The highest BCUT2D eigenvalue weighted by Gasteiger charge is 2.28. The van der Waals surface area contributed by atoms with E-state index in [1.807, 2.05) is 60.7 Å². The van der Waals surface area contributed by atoms with Crippen LogP contribution in [-0.2, 0) is 13.0 Å². The summed E-state index contributed by atoms with van der Waals surface area (Å²) < 4.78 is 0. The second-order valence-electron chi connectivity index (χ2n) is 5.95. The lowest BCUT2D eigenvalue weighted by molar-refractivity contribution is 0.0588. The maximum Gasteiger partial charge on any atom is 0.184 e. The first-order valence-corrected chi connectivity index (χ1v) is 8.20. The van der Waals surface area contributed by atoms with Crippen LogP contribution >= 0.6 is 0 Å². The largest absolute Gasteiger partial charge is 0.391 e. The van der Waals surface area contributed by atoms with Crippen LogP contribution in [0.5, 0.6) is 0 Å². The molecule has 0 aliphatic heterocycles. The van der Waals surface area contributed by atoms with Crippen LogP contribution in [0.25, 0.3) is 11.3 Å². The molecule has 0 bridgehead atoms. The first-order chi connectivity index (χ1) is 11.8. The van der Waals surface area contributed by atoms with Crippen molar-refractivity contribution in [1.29, 1.82) is 0 Å². The number of fused-ring (bicyclic) bond motifs is 1. The number of ketones is 1. The fourth-order valence-corrected chi connectivity index (χ4v) is 3.12. The van der Waals surface area contributed by atoms with Gasteiger partial charge in [-0.25, -0.2) is 0 Å². The average Bonchev–Trinajstić information content (AvgIpc) is 3.02. The van der Waals surface area contributed by atoms with Gasteiger partial charge in [-0.1, -0.05) is 65.5 Å². The first kappa shape index (κ1) is 14.7. The number of rotatable bonds is 4. The number of aromatic nitrogens is 2. The Morgan fingerprint density at radius 2 is 1.67 bits per heavy atom. The van der Waals surface area contributed by atoms with E-state index in [4.69, 9.17) is 4.84 Å². The van der Waals surface area contributed by atoms with E-state index in [1.165, 1.54) is 4.85 Å². The number of benzene rings is 2. The lowest BCUT2D eigenvalue weighted by atomic mass is 9.93. The quantitative estimate of drug-likeness (QED) is 0.737. The van der Waals surface area contributed by atoms with E-state index in [9.17, 15) is 4.79 Å². The third-order valence-electron chi connectivity index (χ3n) is 4.29. The molecule has 24 heavy (non-hydrogen) atoms. The summed E-state index contributed by atoms with van der Waals surface area (Å²) in [6.07, 6.45) is 2.29. The zero-order valence-electron chi connectivity index (χ0n) is 13.3. The van der Waals surface area contributed by atoms with E-state index in [0.717, 1.165) is 35.2 Å². The van der Waals surface area contributed by atoms with E-state index in [2.05, 4.69) is 5.10 Å². The van der Waals surface area contributed by atoms with Crippen LogP contribution in [0.1, 0.15) is 34.5 Å². The van der Waals surface area contributed by atoms with E-state index < -0.39 is 0 Å². The highest BCUT2D eigenvalue weighted by Crippen LogP contribution is 2.30. The van der Waals surface area contributed by atoms with Crippen molar-refractivity contribution < 1.29 is 9.63 Å². The fraction of sp³-hybridized carbons (Fsp3) is 0.200. The minimum absolute atomic E-state index is 0.110. The van der Waals surface area contributed by atoms with Crippen molar-refractivity contribution in [2.75, 3.05) is 0 Å². The molecular formula is C20H18N2O2. The molecule has 1 aliphatic carbocycles. The average molecular weight is 318 g/mol. The number of hydrogen-bond acceptors (Lipinski definition) is 3. The van der Waals surface area contributed by atoms with Gasteiger partial charge in [-0.3, -0.25) is 4.79 Å². The molecule has 120 valence electrons. The van der Waals surface area contributed by atoms with Crippen LogP contribution in [0.4, 0.5) is 0 Å². The van der Waals surface area contributed by atoms with E-state index in [0.29, 0.717) is 18.7 Å². The molecular weight excluding hydrogens is 300 g/mol.